The van der Waals surface area contributed by atoms with E-state index >= 15 is 0 Å². The van der Waals surface area contributed by atoms with E-state index < -0.39 is 5.97 Å². The minimum atomic E-state index is -0.946. The Balaban J connectivity index is 1.99. The average Bonchev–Trinajstić information content (AvgIpc) is 3.10. The number of carbonyl (C=O) groups excluding carboxylic acids is 1. The molecule has 0 bridgehead atoms. The zero-order valence-electron chi connectivity index (χ0n) is 9.50. The van der Waals surface area contributed by atoms with Gasteiger partial charge in [-0.2, -0.15) is 0 Å². The summed E-state index contributed by atoms with van der Waals surface area (Å²) in [4.78, 5) is 24.2. The van der Waals surface area contributed by atoms with Crippen molar-refractivity contribution < 1.29 is 14.7 Å². The van der Waals surface area contributed by atoms with Crippen LogP contribution in [0.2, 0.25) is 0 Å². The quantitative estimate of drug-likeness (QED) is 0.834. The molecule has 1 aliphatic rings. The molecule has 1 fully saturated rings. The van der Waals surface area contributed by atoms with Gasteiger partial charge in [-0.1, -0.05) is 30.3 Å². The van der Waals surface area contributed by atoms with Gasteiger partial charge in [-0.25, -0.2) is 0 Å². The van der Waals surface area contributed by atoms with E-state index in [0.717, 1.165) is 18.4 Å². The molecule has 0 atom stereocenters. The van der Waals surface area contributed by atoms with Crippen molar-refractivity contribution in [1.82, 2.24) is 4.90 Å². The van der Waals surface area contributed by atoms with Crippen molar-refractivity contribution in [3.63, 3.8) is 0 Å². The highest BCUT2D eigenvalue weighted by atomic mass is 16.4. The average molecular weight is 233 g/mol. The first kappa shape index (κ1) is 11.6. The van der Waals surface area contributed by atoms with Crippen LogP contribution >= 0.6 is 0 Å². The number of benzene rings is 1. The number of rotatable bonds is 5. The summed E-state index contributed by atoms with van der Waals surface area (Å²) in [5.74, 6) is -1.04. The number of aliphatic carboxylic acids is 1. The van der Waals surface area contributed by atoms with Crippen LogP contribution in [0.5, 0.6) is 0 Å². The first-order valence-electron chi connectivity index (χ1n) is 5.72. The van der Waals surface area contributed by atoms with Crippen LogP contribution in [-0.2, 0) is 16.0 Å². The Morgan fingerprint density at radius 3 is 2.41 bits per heavy atom. The van der Waals surface area contributed by atoms with Crippen molar-refractivity contribution in [3.05, 3.63) is 35.9 Å². The summed E-state index contributed by atoms with van der Waals surface area (Å²) in [6.45, 7) is -0.184. The molecule has 2 rings (SSSR count). The van der Waals surface area contributed by atoms with Gasteiger partial charge >= 0.3 is 5.97 Å². The molecular formula is C13H15NO3. The van der Waals surface area contributed by atoms with Crippen molar-refractivity contribution in [3.8, 4) is 0 Å². The number of hydrogen-bond acceptors (Lipinski definition) is 2. The molecule has 0 aliphatic heterocycles. The SMILES string of the molecule is O=C(O)CN(C(=O)Cc1ccccc1)C1CC1. The lowest BCUT2D eigenvalue weighted by Crippen LogP contribution is -2.38. The van der Waals surface area contributed by atoms with Crippen molar-refractivity contribution >= 4 is 11.9 Å². The van der Waals surface area contributed by atoms with E-state index in [9.17, 15) is 9.59 Å². The zero-order chi connectivity index (χ0) is 12.3. The number of amides is 1. The fourth-order valence-electron chi connectivity index (χ4n) is 1.82. The Morgan fingerprint density at radius 2 is 1.88 bits per heavy atom. The zero-order valence-corrected chi connectivity index (χ0v) is 9.50. The van der Waals surface area contributed by atoms with Crippen LogP contribution in [-0.4, -0.2) is 34.5 Å². The summed E-state index contributed by atoms with van der Waals surface area (Å²) < 4.78 is 0. The van der Waals surface area contributed by atoms with Crippen molar-refractivity contribution in [2.75, 3.05) is 6.54 Å². The molecule has 0 aromatic heterocycles. The highest BCUT2D eigenvalue weighted by molar-refractivity contribution is 5.83. The maximum absolute atomic E-state index is 12.0. The Labute approximate surface area is 99.9 Å². The van der Waals surface area contributed by atoms with E-state index in [0.29, 0.717) is 0 Å². The van der Waals surface area contributed by atoms with Crippen LogP contribution in [0.3, 0.4) is 0 Å². The Morgan fingerprint density at radius 1 is 1.24 bits per heavy atom. The highest BCUT2D eigenvalue weighted by Crippen LogP contribution is 2.27. The van der Waals surface area contributed by atoms with Gasteiger partial charge in [0.2, 0.25) is 5.91 Å². The molecule has 0 unspecified atom stereocenters. The van der Waals surface area contributed by atoms with Gasteiger partial charge in [-0.3, -0.25) is 9.59 Å². The molecule has 0 radical (unpaired) electrons. The van der Waals surface area contributed by atoms with E-state index in [4.69, 9.17) is 5.11 Å². The predicted molar refractivity (Wildman–Crippen MR) is 62.5 cm³/mol. The molecule has 1 amide bonds. The van der Waals surface area contributed by atoms with Crippen LogP contribution in [0.4, 0.5) is 0 Å². The molecule has 1 aliphatic carbocycles. The van der Waals surface area contributed by atoms with Crippen molar-refractivity contribution in [1.29, 1.82) is 0 Å². The molecular weight excluding hydrogens is 218 g/mol. The molecule has 0 heterocycles. The lowest BCUT2D eigenvalue weighted by Gasteiger charge is -2.20. The molecule has 1 saturated carbocycles. The van der Waals surface area contributed by atoms with Gasteiger partial charge in [0.25, 0.3) is 0 Å². The lowest BCUT2D eigenvalue weighted by molar-refractivity contribution is -0.144. The fourth-order valence-corrected chi connectivity index (χ4v) is 1.82. The van der Waals surface area contributed by atoms with E-state index in [2.05, 4.69) is 0 Å². The second-order valence-electron chi connectivity index (χ2n) is 4.31. The second-order valence-corrected chi connectivity index (χ2v) is 4.31. The summed E-state index contributed by atoms with van der Waals surface area (Å²) in [5, 5.41) is 8.78. The van der Waals surface area contributed by atoms with Gasteiger partial charge in [0.1, 0.15) is 6.54 Å². The highest BCUT2D eigenvalue weighted by Gasteiger charge is 2.33. The monoisotopic (exact) mass is 233 g/mol. The molecule has 0 spiro atoms. The predicted octanol–water partition coefficient (Wildman–Crippen LogP) is 1.30. The van der Waals surface area contributed by atoms with Crippen LogP contribution in [0, 0.1) is 0 Å². The molecule has 1 aromatic rings. The first-order chi connectivity index (χ1) is 8.16. The standard InChI is InChI=1S/C13H15NO3/c15-12(8-10-4-2-1-3-5-10)14(9-13(16)17)11-6-7-11/h1-5,11H,6-9H2,(H,16,17). The molecule has 0 saturated heterocycles. The van der Waals surface area contributed by atoms with E-state index in [1.807, 2.05) is 30.3 Å². The minimum absolute atomic E-state index is 0.0962. The number of carboxylic acid groups (broad SMARTS) is 1. The molecule has 4 heteroatoms. The van der Waals surface area contributed by atoms with Gasteiger partial charge in [0.05, 0.1) is 6.42 Å². The van der Waals surface area contributed by atoms with Crippen LogP contribution in [0.15, 0.2) is 30.3 Å². The number of hydrogen-bond donors (Lipinski definition) is 1. The molecule has 90 valence electrons. The third kappa shape index (κ3) is 3.31. The topological polar surface area (TPSA) is 57.6 Å². The van der Waals surface area contributed by atoms with Gasteiger partial charge in [-0.15, -0.1) is 0 Å². The minimum Gasteiger partial charge on any atom is -0.480 e. The van der Waals surface area contributed by atoms with E-state index in [-0.39, 0.29) is 24.9 Å². The first-order valence-corrected chi connectivity index (χ1v) is 5.72. The Bertz CT molecular complexity index is 412. The molecule has 1 aromatic carbocycles. The summed E-state index contributed by atoms with van der Waals surface area (Å²) in [6.07, 6.45) is 2.13. The molecule has 4 nitrogen and oxygen atoms in total. The maximum atomic E-state index is 12.0. The Kier molecular flexibility index (Phi) is 3.42. The number of nitrogens with zero attached hydrogens (tertiary/aromatic N) is 1. The number of carboxylic acids is 1. The fraction of sp³-hybridized carbons (Fsp3) is 0.385. The van der Waals surface area contributed by atoms with Gasteiger partial charge in [-0.05, 0) is 18.4 Å². The summed E-state index contributed by atoms with van der Waals surface area (Å²) in [5.41, 5.74) is 0.925. The smallest absolute Gasteiger partial charge is 0.323 e. The summed E-state index contributed by atoms with van der Waals surface area (Å²) in [6, 6.07) is 9.54. The normalized spacial score (nSPS) is 14.4. The van der Waals surface area contributed by atoms with Crippen LogP contribution in [0.1, 0.15) is 18.4 Å². The summed E-state index contributed by atoms with van der Waals surface area (Å²) in [7, 11) is 0. The van der Waals surface area contributed by atoms with E-state index in [1.54, 1.807) is 0 Å². The second kappa shape index (κ2) is 4.99. The van der Waals surface area contributed by atoms with Crippen LogP contribution in [0.25, 0.3) is 0 Å². The largest absolute Gasteiger partial charge is 0.480 e. The lowest BCUT2D eigenvalue weighted by atomic mass is 10.1. The number of carbonyl (C=O) groups is 2. The molecule has 17 heavy (non-hydrogen) atoms. The Hall–Kier alpha value is -1.84. The van der Waals surface area contributed by atoms with Gasteiger partial charge < -0.3 is 10.0 Å². The van der Waals surface area contributed by atoms with Gasteiger partial charge in [0.15, 0.2) is 0 Å². The van der Waals surface area contributed by atoms with Crippen LogP contribution < -0.4 is 0 Å². The van der Waals surface area contributed by atoms with Gasteiger partial charge in [0, 0.05) is 6.04 Å². The van der Waals surface area contributed by atoms with Crippen molar-refractivity contribution in [2.24, 2.45) is 0 Å². The third-order valence-electron chi connectivity index (χ3n) is 2.81. The van der Waals surface area contributed by atoms with Crippen molar-refractivity contribution in [2.45, 2.75) is 25.3 Å². The molecule has 1 N–H and O–H groups in total. The third-order valence-corrected chi connectivity index (χ3v) is 2.81. The maximum Gasteiger partial charge on any atom is 0.323 e. The summed E-state index contributed by atoms with van der Waals surface area (Å²) >= 11 is 0. The van der Waals surface area contributed by atoms with E-state index in [1.165, 1.54) is 4.90 Å².